The van der Waals surface area contributed by atoms with Crippen molar-refractivity contribution in [2.24, 2.45) is 0 Å². The molecule has 1 atom stereocenters. The van der Waals surface area contributed by atoms with Crippen molar-refractivity contribution in [3.8, 4) is 0 Å². The topological polar surface area (TPSA) is 41.1 Å². The summed E-state index contributed by atoms with van der Waals surface area (Å²) >= 11 is 0. The van der Waals surface area contributed by atoms with Gasteiger partial charge in [-0.15, -0.1) is 0 Å². The molecule has 0 spiro atoms. The molecule has 1 aliphatic rings. The maximum absolute atomic E-state index is 13.0. The Hall–Kier alpha value is -1.49. The molecule has 1 fully saturated rings. The maximum Gasteiger partial charge on any atom is 0.234 e. The van der Waals surface area contributed by atoms with Gasteiger partial charge in [0.15, 0.2) is 11.6 Å². The molecular weight excluding hydrogens is 238 g/mol. The van der Waals surface area contributed by atoms with Crippen molar-refractivity contribution in [2.75, 3.05) is 6.54 Å². The van der Waals surface area contributed by atoms with E-state index in [1.54, 1.807) is 6.92 Å². The third-order valence-corrected chi connectivity index (χ3v) is 2.95. The number of carbonyl (C=O) groups excluding carboxylic acids is 1. The summed E-state index contributed by atoms with van der Waals surface area (Å²) in [6.45, 7) is 2.00. The average Bonchev–Trinajstić information content (AvgIpc) is 3.14. The van der Waals surface area contributed by atoms with E-state index in [-0.39, 0.29) is 18.5 Å². The molecule has 0 aliphatic heterocycles. The first-order chi connectivity index (χ1) is 8.56. The number of carbonyl (C=O) groups is 1. The highest BCUT2D eigenvalue weighted by Crippen LogP contribution is 2.18. The minimum absolute atomic E-state index is 0.140. The quantitative estimate of drug-likeness (QED) is 0.842. The van der Waals surface area contributed by atoms with Gasteiger partial charge in [-0.3, -0.25) is 4.79 Å². The Morgan fingerprint density at radius 2 is 2.11 bits per heavy atom. The predicted octanol–water partition coefficient (Wildman–Crippen LogP) is 1.89. The monoisotopic (exact) mass is 254 g/mol. The van der Waals surface area contributed by atoms with Crippen LogP contribution in [0.2, 0.25) is 0 Å². The van der Waals surface area contributed by atoms with Crippen LogP contribution < -0.4 is 10.6 Å². The standard InChI is InChI=1S/C13H16F2N2O/c1-8(9-2-5-11(14)12(15)6-9)17-13(18)7-16-10-3-4-10/h2,5-6,8,10,16H,3-4,7H2,1H3,(H,17,18). The van der Waals surface area contributed by atoms with Crippen LogP contribution in [0.3, 0.4) is 0 Å². The SMILES string of the molecule is CC(NC(=O)CNC1CC1)c1ccc(F)c(F)c1. The first kappa shape index (κ1) is 13.0. The smallest absolute Gasteiger partial charge is 0.234 e. The maximum atomic E-state index is 13.0. The van der Waals surface area contributed by atoms with E-state index in [1.807, 2.05) is 0 Å². The van der Waals surface area contributed by atoms with Crippen molar-refractivity contribution in [2.45, 2.75) is 31.8 Å². The van der Waals surface area contributed by atoms with Crippen molar-refractivity contribution in [1.82, 2.24) is 10.6 Å². The van der Waals surface area contributed by atoms with Crippen LogP contribution in [-0.2, 0) is 4.79 Å². The van der Waals surface area contributed by atoms with E-state index < -0.39 is 11.6 Å². The molecule has 0 heterocycles. The Morgan fingerprint density at radius 3 is 2.72 bits per heavy atom. The van der Waals surface area contributed by atoms with E-state index in [0.29, 0.717) is 11.6 Å². The van der Waals surface area contributed by atoms with Crippen molar-refractivity contribution in [3.05, 3.63) is 35.4 Å². The fourth-order valence-corrected chi connectivity index (χ4v) is 1.68. The molecular formula is C13H16F2N2O. The minimum Gasteiger partial charge on any atom is -0.348 e. The van der Waals surface area contributed by atoms with Crippen molar-refractivity contribution < 1.29 is 13.6 Å². The van der Waals surface area contributed by atoms with E-state index in [1.165, 1.54) is 6.07 Å². The van der Waals surface area contributed by atoms with E-state index in [2.05, 4.69) is 10.6 Å². The van der Waals surface area contributed by atoms with Crippen molar-refractivity contribution in [3.63, 3.8) is 0 Å². The molecule has 98 valence electrons. The zero-order valence-corrected chi connectivity index (χ0v) is 10.2. The van der Waals surface area contributed by atoms with E-state index in [0.717, 1.165) is 25.0 Å². The Labute approximate surface area is 105 Å². The van der Waals surface area contributed by atoms with Crippen LogP contribution in [0, 0.1) is 11.6 Å². The normalized spacial score (nSPS) is 16.4. The van der Waals surface area contributed by atoms with Crippen molar-refractivity contribution >= 4 is 5.91 Å². The molecule has 0 saturated heterocycles. The molecule has 0 radical (unpaired) electrons. The summed E-state index contributed by atoms with van der Waals surface area (Å²) in [6, 6.07) is 3.77. The van der Waals surface area contributed by atoms with Gasteiger partial charge in [0.1, 0.15) is 0 Å². The molecule has 1 aliphatic carbocycles. The fraction of sp³-hybridized carbons (Fsp3) is 0.462. The van der Waals surface area contributed by atoms with Gasteiger partial charge in [0.25, 0.3) is 0 Å². The number of halogens is 2. The average molecular weight is 254 g/mol. The molecule has 1 unspecified atom stereocenters. The first-order valence-electron chi connectivity index (χ1n) is 6.04. The lowest BCUT2D eigenvalue weighted by molar-refractivity contribution is -0.120. The lowest BCUT2D eigenvalue weighted by Crippen LogP contribution is -2.36. The second kappa shape index (κ2) is 5.44. The van der Waals surface area contributed by atoms with Gasteiger partial charge < -0.3 is 10.6 Å². The Bertz CT molecular complexity index is 447. The summed E-state index contributed by atoms with van der Waals surface area (Å²) in [6.07, 6.45) is 2.23. The van der Waals surface area contributed by atoms with Gasteiger partial charge in [-0.2, -0.15) is 0 Å². The molecule has 1 aromatic rings. The molecule has 3 nitrogen and oxygen atoms in total. The summed E-state index contributed by atoms with van der Waals surface area (Å²) in [7, 11) is 0. The minimum atomic E-state index is -0.898. The number of amides is 1. The number of benzene rings is 1. The van der Waals surface area contributed by atoms with Gasteiger partial charge in [-0.1, -0.05) is 6.07 Å². The van der Waals surface area contributed by atoms with Gasteiger partial charge in [0.05, 0.1) is 12.6 Å². The van der Waals surface area contributed by atoms with Crippen LogP contribution in [0.15, 0.2) is 18.2 Å². The molecule has 2 rings (SSSR count). The molecule has 1 aromatic carbocycles. The lowest BCUT2D eigenvalue weighted by Gasteiger charge is -2.14. The highest BCUT2D eigenvalue weighted by atomic mass is 19.2. The molecule has 2 N–H and O–H groups in total. The van der Waals surface area contributed by atoms with Gasteiger partial charge in [0.2, 0.25) is 5.91 Å². The zero-order valence-electron chi connectivity index (χ0n) is 10.2. The van der Waals surface area contributed by atoms with Gasteiger partial charge in [-0.05, 0) is 37.5 Å². The second-order valence-corrected chi connectivity index (χ2v) is 4.62. The number of rotatable bonds is 5. The van der Waals surface area contributed by atoms with E-state index in [4.69, 9.17) is 0 Å². The Morgan fingerprint density at radius 1 is 1.39 bits per heavy atom. The number of nitrogens with one attached hydrogen (secondary N) is 2. The Balaban J connectivity index is 1.87. The summed E-state index contributed by atoms with van der Waals surface area (Å²) in [5.74, 6) is -1.92. The van der Waals surface area contributed by atoms with Gasteiger partial charge in [-0.25, -0.2) is 8.78 Å². The van der Waals surface area contributed by atoms with Gasteiger partial charge in [0, 0.05) is 6.04 Å². The largest absolute Gasteiger partial charge is 0.348 e. The molecule has 18 heavy (non-hydrogen) atoms. The highest BCUT2D eigenvalue weighted by molar-refractivity contribution is 5.78. The van der Waals surface area contributed by atoms with Crippen molar-refractivity contribution in [1.29, 1.82) is 0 Å². The molecule has 0 aromatic heterocycles. The predicted molar refractivity (Wildman–Crippen MR) is 63.9 cm³/mol. The second-order valence-electron chi connectivity index (χ2n) is 4.62. The highest BCUT2D eigenvalue weighted by Gasteiger charge is 2.21. The summed E-state index contributed by atoms with van der Waals surface area (Å²) in [5.41, 5.74) is 0.550. The van der Waals surface area contributed by atoms with Crippen LogP contribution in [0.5, 0.6) is 0 Å². The lowest BCUT2D eigenvalue weighted by atomic mass is 10.1. The molecule has 1 saturated carbocycles. The summed E-state index contributed by atoms with van der Waals surface area (Å²) in [5, 5.41) is 5.82. The third-order valence-electron chi connectivity index (χ3n) is 2.95. The zero-order chi connectivity index (χ0) is 13.1. The molecule has 0 bridgehead atoms. The number of hydrogen-bond acceptors (Lipinski definition) is 2. The Kier molecular flexibility index (Phi) is 3.91. The molecule has 5 heteroatoms. The van der Waals surface area contributed by atoms with E-state index >= 15 is 0 Å². The summed E-state index contributed by atoms with van der Waals surface area (Å²) in [4.78, 5) is 11.6. The van der Waals surface area contributed by atoms with Crippen LogP contribution in [-0.4, -0.2) is 18.5 Å². The fourth-order valence-electron chi connectivity index (χ4n) is 1.68. The van der Waals surface area contributed by atoms with Crippen LogP contribution >= 0.6 is 0 Å². The van der Waals surface area contributed by atoms with Crippen LogP contribution in [0.1, 0.15) is 31.4 Å². The van der Waals surface area contributed by atoms with Crippen LogP contribution in [0.25, 0.3) is 0 Å². The van der Waals surface area contributed by atoms with E-state index in [9.17, 15) is 13.6 Å². The third kappa shape index (κ3) is 3.50. The first-order valence-corrected chi connectivity index (χ1v) is 6.04. The summed E-state index contributed by atoms with van der Waals surface area (Å²) < 4.78 is 25.8. The van der Waals surface area contributed by atoms with Gasteiger partial charge >= 0.3 is 0 Å². The number of hydrogen-bond donors (Lipinski definition) is 2. The van der Waals surface area contributed by atoms with Crippen LogP contribution in [0.4, 0.5) is 8.78 Å². The molecule has 1 amide bonds.